The monoisotopic (exact) mass is 376 g/mol. The van der Waals surface area contributed by atoms with E-state index in [1.165, 1.54) is 6.66 Å². The molecule has 26 heavy (non-hydrogen) atoms. The molecule has 2 N–H and O–H groups in total. The van der Waals surface area contributed by atoms with Crippen LogP contribution in [0, 0.1) is 13.8 Å². The second-order valence-corrected chi connectivity index (χ2v) is 9.37. The van der Waals surface area contributed by atoms with Crippen LogP contribution >= 0.6 is 7.37 Å². The lowest BCUT2D eigenvalue weighted by Gasteiger charge is -2.15. The molecule has 0 aliphatic heterocycles. The van der Waals surface area contributed by atoms with E-state index in [1.54, 1.807) is 44.2 Å². The van der Waals surface area contributed by atoms with Crippen LogP contribution in [-0.2, 0) is 4.57 Å². The molecule has 5 nitrogen and oxygen atoms in total. The average Bonchev–Trinajstić information content (AvgIpc) is 2.51. The fraction of sp³-hybridized carbons (Fsp3) is 0.350. The van der Waals surface area contributed by atoms with E-state index < -0.39 is 7.37 Å². The van der Waals surface area contributed by atoms with E-state index in [4.69, 9.17) is 4.74 Å². The zero-order valence-electron chi connectivity index (χ0n) is 15.7. The quantitative estimate of drug-likeness (QED) is 0.569. The van der Waals surface area contributed by atoms with Crippen LogP contribution in [0.2, 0.25) is 0 Å². The van der Waals surface area contributed by atoms with Gasteiger partial charge in [0.25, 0.3) is 0 Å². The van der Waals surface area contributed by atoms with Gasteiger partial charge in [-0.1, -0.05) is 13.8 Å². The minimum absolute atomic E-state index is 0.101. The second kappa shape index (κ2) is 7.65. The maximum Gasteiger partial charge on any atom is 0.233 e. The first kappa shape index (κ1) is 20.2. The number of hydrogen-bond acceptors (Lipinski definition) is 4. The number of ketones is 1. The molecule has 0 aliphatic rings. The Morgan fingerprint density at radius 2 is 1.73 bits per heavy atom. The summed E-state index contributed by atoms with van der Waals surface area (Å²) in [4.78, 5) is 22.4. The van der Waals surface area contributed by atoms with Gasteiger partial charge in [0.15, 0.2) is 12.1 Å². The molecule has 6 heteroatoms. The van der Waals surface area contributed by atoms with E-state index in [0.717, 1.165) is 16.7 Å². The van der Waals surface area contributed by atoms with Crippen molar-refractivity contribution in [3.63, 3.8) is 0 Å². The smallest absolute Gasteiger partial charge is 0.233 e. The molecule has 0 aliphatic carbocycles. The molecule has 0 saturated carbocycles. The van der Waals surface area contributed by atoms with Crippen molar-refractivity contribution in [3.8, 4) is 11.5 Å². The van der Waals surface area contributed by atoms with Gasteiger partial charge in [-0.3, -0.25) is 9.36 Å². The van der Waals surface area contributed by atoms with Gasteiger partial charge in [-0.2, -0.15) is 0 Å². The number of carbonyl (C=O) groups excluding carboxylic acids is 1. The second-order valence-electron chi connectivity index (χ2n) is 7.01. The maximum absolute atomic E-state index is 13.0. The minimum atomic E-state index is -3.27. The first-order valence-electron chi connectivity index (χ1n) is 8.40. The summed E-state index contributed by atoms with van der Waals surface area (Å²) < 4.78 is 16.8. The summed E-state index contributed by atoms with van der Waals surface area (Å²) in [5.41, 5.74) is 3.27. The molecule has 2 aromatic rings. The van der Waals surface area contributed by atoms with Crippen LogP contribution in [0.15, 0.2) is 30.3 Å². The van der Waals surface area contributed by atoms with Gasteiger partial charge in [-0.25, -0.2) is 0 Å². The molecule has 1 atom stereocenters. The number of phenolic OH excluding ortho intramolecular Hbond substituents is 1. The summed E-state index contributed by atoms with van der Waals surface area (Å²) in [6.07, 6.45) is -0.269. The van der Waals surface area contributed by atoms with Crippen molar-refractivity contribution >= 4 is 13.2 Å². The minimum Gasteiger partial charge on any atom is -0.508 e. The number of aromatic hydroxyl groups is 1. The highest BCUT2D eigenvalue weighted by atomic mass is 31.2. The maximum atomic E-state index is 13.0. The lowest BCUT2D eigenvalue weighted by molar-refractivity contribution is 0.103. The number of rotatable bonds is 6. The van der Waals surface area contributed by atoms with Crippen molar-refractivity contribution in [2.45, 2.75) is 33.6 Å². The van der Waals surface area contributed by atoms with Crippen molar-refractivity contribution < 1.29 is 24.1 Å². The van der Waals surface area contributed by atoms with Crippen molar-refractivity contribution in [1.82, 2.24) is 0 Å². The highest BCUT2D eigenvalue weighted by Crippen LogP contribution is 2.36. The van der Waals surface area contributed by atoms with E-state index >= 15 is 0 Å². The molecular formula is C20H25O5P. The summed E-state index contributed by atoms with van der Waals surface area (Å²) >= 11 is 0. The van der Waals surface area contributed by atoms with Gasteiger partial charge in [0.2, 0.25) is 7.37 Å². The van der Waals surface area contributed by atoms with Gasteiger partial charge in [-0.15, -0.1) is 0 Å². The van der Waals surface area contributed by atoms with Crippen LogP contribution in [-0.4, -0.2) is 28.8 Å². The predicted octanol–water partition coefficient (Wildman–Crippen LogP) is 4.60. The summed E-state index contributed by atoms with van der Waals surface area (Å²) in [6.45, 7) is 8.77. The summed E-state index contributed by atoms with van der Waals surface area (Å²) in [7, 11) is -3.27. The third-order valence-electron chi connectivity index (χ3n) is 4.12. The van der Waals surface area contributed by atoms with Crippen LogP contribution in [0.1, 0.15) is 52.4 Å². The number of phenols is 1. The van der Waals surface area contributed by atoms with Gasteiger partial charge >= 0.3 is 0 Å². The lowest BCUT2D eigenvalue weighted by atomic mass is 9.92. The van der Waals surface area contributed by atoms with E-state index in [0.29, 0.717) is 16.9 Å². The molecular weight excluding hydrogens is 351 g/mol. The van der Waals surface area contributed by atoms with Crippen molar-refractivity contribution in [2.75, 3.05) is 13.0 Å². The molecule has 0 fully saturated rings. The molecule has 0 aromatic heterocycles. The van der Waals surface area contributed by atoms with Crippen LogP contribution < -0.4 is 4.74 Å². The largest absolute Gasteiger partial charge is 0.508 e. The number of hydrogen-bond donors (Lipinski definition) is 2. The van der Waals surface area contributed by atoms with Crippen LogP contribution in [0.4, 0.5) is 0 Å². The Morgan fingerprint density at radius 1 is 1.15 bits per heavy atom. The zero-order valence-corrected chi connectivity index (χ0v) is 16.6. The number of carbonyl (C=O) groups is 1. The predicted molar refractivity (Wildman–Crippen MR) is 103 cm³/mol. The number of ether oxygens (including phenoxy) is 1. The van der Waals surface area contributed by atoms with Gasteiger partial charge < -0.3 is 14.7 Å². The fourth-order valence-electron chi connectivity index (χ4n) is 2.86. The van der Waals surface area contributed by atoms with Crippen molar-refractivity contribution in [1.29, 1.82) is 0 Å². The Labute approximate surface area is 154 Å². The molecule has 2 rings (SSSR count). The van der Waals surface area contributed by atoms with Crippen molar-refractivity contribution in [2.24, 2.45) is 0 Å². The highest BCUT2D eigenvalue weighted by molar-refractivity contribution is 7.56. The molecule has 0 bridgehead atoms. The zero-order chi connectivity index (χ0) is 19.6. The third kappa shape index (κ3) is 4.75. The van der Waals surface area contributed by atoms with Crippen LogP contribution in [0.3, 0.4) is 0 Å². The standard InChI is InChI=1S/C20H25O5P/c1-12(2)17-10-15(6-7-18(17)21)20(22)19-13(3)8-16(9-14(19)4)25-11-26(5,23)24/h6-10,12,21H,11H2,1-5H3,(H,23,24). The van der Waals surface area contributed by atoms with E-state index in [9.17, 15) is 19.4 Å². The molecule has 1 unspecified atom stereocenters. The summed E-state index contributed by atoms with van der Waals surface area (Å²) in [5, 5.41) is 9.96. The lowest BCUT2D eigenvalue weighted by Crippen LogP contribution is -2.08. The first-order valence-corrected chi connectivity index (χ1v) is 10.7. The Bertz CT molecular complexity index is 857. The Balaban J connectivity index is 2.38. The average molecular weight is 376 g/mol. The number of benzene rings is 2. The van der Waals surface area contributed by atoms with Gasteiger partial charge in [-0.05, 0) is 66.8 Å². The molecule has 0 heterocycles. The van der Waals surface area contributed by atoms with Gasteiger partial charge in [0, 0.05) is 17.8 Å². The molecule has 0 saturated heterocycles. The fourth-order valence-corrected chi connectivity index (χ4v) is 3.25. The summed E-state index contributed by atoms with van der Waals surface area (Å²) in [6, 6.07) is 8.28. The molecule has 0 spiro atoms. The van der Waals surface area contributed by atoms with E-state index in [-0.39, 0.29) is 23.8 Å². The van der Waals surface area contributed by atoms with E-state index in [2.05, 4.69) is 0 Å². The third-order valence-corrected chi connectivity index (χ3v) is 4.72. The van der Waals surface area contributed by atoms with Crippen LogP contribution in [0.25, 0.3) is 0 Å². The van der Waals surface area contributed by atoms with Crippen LogP contribution in [0.5, 0.6) is 11.5 Å². The highest BCUT2D eigenvalue weighted by Gasteiger charge is 2.19. The molecule has 0 radical (unpaired) electrons. The number of aryl methyl sites for hydroxylation is 2. The normalized spacial score (nSPS) is 13.5. The van der Waals surface area contributed by atoms with E-state index in [1.807, 2.05) is 13.8 Å². The van der Waals surface area contributed by atoms with Gasteiger partial charge in [0.1, 0.15) is 11.5 Å². The van der Waals surface area contributed by atoms with Crippen molar-refractivity contribution in [3.05, 3.63) is 58.1 Å². The SMILES string of the molecule is Cc1cc(OCP(C)(=O)O)cc(C)c1C(=O)c1ccc(O)c(C(C)C)c1. The Morgan fingerprint density at radius 3 is 2.23 bits per heavy atom. The van der Waals surface area contributed by atoms with Gasteiger partial charge in [0.05, 0.1) is 0 Å². The Kier molecular flexibility index (Phi) is 5.94. The Hall–Kier alpha value is -2.10. The molecule has 140 valence electrons. The summed E-state index contributed by atoms with van der Waals surface area (Å²) in [5.74, 6) is 0.615. The molecule has 2 aromatic carbocycles. The first-order chi connectivity index (χ1) is 12.0. The molecule has 0 amide bonds. The topological polar surface area (TPSA) is 83.8 Å².